The summed E-state index contributed by atoms with van der Waals surface area (Å²) in [6, 6.07) is 6.10. The van der Waals surface area contributed by atoms with E-state index in [4.69, 9.17) is 15.9 Å². The monoisotopic (exact) mass is 287 g/mol. The molecule has 0 aliphatic heterocycles. The SMILES string of the molecule is N=C(N)c1cc2c(nc1OCCc1cccs1)CCC2. The molecule has 3 N–H and O–H groups in total. The Balaban J connectivity index is 1.75. The number of nitrogens with one attached hydrogen (secondary N) is 1. The standard InChI is InChI=1S/C15H17N3OS/c16-14(17)12-9-10-3-1-5-13(10)18-15(12)19-7-6-11-4-2-8-20-11/h2,4,8-9H,1,3,5-7H2,(H3,16,17). The van der Waals surface area contributed by atoms with Crippen LogP contribution in [0.3, 0.4) is 0 Å². The van der Waals surface area contributed by atoms with Crippen LogP contribution in [0.4, 0.5) is 0 Å². The average Bonchev–Trinajstić information content (AvgIpc) is 3.07. The Bertz CT molecular complexity index is 622. The lowest BCUT2D eigenvalue weighted by Gasteiger charge is -2.11. The largest absolute Gasteiger partial charge is 0.477 e. The van der Waals surface area contributed by atoms with Crippen LogP contribution in [0.2, 0.25) is 0 Å². The Labute approximate surface area is 122 Å². The van der Waals surface area contributed by atoms with E-state index in [0.29, 0.717) is 18.1 Å². The molecule has 0 bridgehead atoms. The van der Waals surface area contributed by atoms with Gasteiger partial charge in [-0.25, -0.2) is 4.98 Å². The van der Waals surface area contributed by atoms with Crippen LogP contribution in [-0.2, 0) is 19.3 Å². The van der Waals surface area contributed by atoms with Gasteiger partial charge in [-0.1, -0.05) is 6.07 Å². The number of aryl methyl sites for hydroxylation is 2. The third-order valence-electron chi connectivity index (χ3n) is 3.47. The molecule has 2 aromatic heterocycles. The van der Waals surface area contributed by atoms with Crippen molar-refractivity contribution in [1.29, 1.82) is 5.41 Å². The van der Waals surface area contributed by atoms with E-state index in [0.717, 1.165) is 31.4 Å². The Morgan fingerprint density at radius 3 is 3.10 bits per heavy atom. The molecule has 0 fully saturated rings. The van der Waals surface area contributed by atoms with Gasteiger partial charge in [0, 0.05) is 17.0 Å². The number of thiophene rings is 1. The van der Waals surface area contributed by atoms with Gasteiger partial charge in [-0.3, -0.25) is 5.41 Å². The van der Waals surface area contributed by atoms with E-state index >= 15 is 0 Å². The van der Waals surface area contributed by atoms with Gasteiger partial charge in [-0.05, 0) is 42.3 Å². The van der Waals surface area contributed by atoms with Gasteiger partial charge in [0.15, 0.2) is 0 Å². The topological polar surface area (TPSA) is 72.0 Å². The molecule has 0 aromatic carbocycles. The molecule has 0 atom stereocenters. The van der Waals surface area contributed by atoms with E-state index in [2.05, 4.69) is 16.4 Å². The molecular weight excluding hydrogens is 270 g/mol. The molecule has 0 saturated heterocycles. The van der Waals surface area contributed by atoms with E-state index in [1.165, 1.54) is 10.4 Å². The van der Waals surface area contributed by atoms with Crippen molar-refractivity contribution in [2.75, 3.05) is 6.61 Å². The van der Waals surface area contributed by atoms with Crippen LogP contribution in [0.5, 0.6) is 5.88 Å². The van der Waals surface area contributed by atoms with E-state index in [9.17, 15) is 0 Å². The summed E-state index contributed by atoms with van der Waals surface area (Å²) in [5.41, 5.74) is 8.57. The second kappa shape index (κ2) is 5.63. The van der Waals surface area contributed by atoms with Crippen LogP contribution in [0.25, 0.3) is 0 Å². The van der Waals surface area contributed by atoms with Crippen LogP contribution in [-0.4, -0.2) is 17.4 Å². The highest BCUT2D eigenvalue weighted by Crippen LogP contribution is 2.26. The molecule has 5 heteroatoms. The molecule has 0 saturated carbocycles. The quantitative estimate of drug-likeness (QED) is 0.655. The maximum atomic E-state index is 7.67. The third-order valence-corrected chi connectivity index (χ3v) is 4.41. The summed E-state index contributed by atoms with van der Waals surface area (Å²) in [7, 11) is 0. The molecule has 104 valence electrons. The number of nitrogens with two attached hydrogens (primary N) is 1. The average molecular weight is 287 g/mol. The number of amidine groups is 1. The second-order valence-corrected chi connectivity index (χ2v) is 5.92. The number of pyridine rings is 1. The zero-order valence-electron chi connectivity index (χ0n) is 11.2. The van der Waals surface area contributed by atoms with E-state index in [1.54, 1.807) is 11.3 Å². The maximum Gasteiger partial charge on any atom is 0.224 e. The molecule has 1 aliphatic carbocycles. The number of nitrogen functional groups attached to an aromatic ring is 1. The number of rotatable bonds is 5. The van der Waals surface area contributed by atoms with Crippen molar-refractivity contribution < 1.29 is 4.74 Å². The molecule has 0 radical (unpaired) electrons. The molecular formula is C15H17N3OS. The Kier molecular flexibility index (Phi) is 3.69. The number of ether oxygens (including phenoxy) is 1. The normalized spacial score (nSPS) is 13.2. The highest BCUT2D eigenvalue weighted by atomic mass is 32.1. The summed E-state index contributed by atoms with van der Waals surface area (Å²) in [5, 5.41) is 9.73. The van der Waals surface area contributed by atoms with Crippen molar-refractivity contribution in [2.45, 2.75) is 25.7 Å². The fraction of sp³-hybridized carbons (Fsp3) is 0.333. The number of aromatic nitrogens is 1. The van der Waals surface area contributed by atoms with Crippen LogP contribution < -0.4 is 10.5 Å². The lowest BCUT2D eigenvalue weighted by Crippen LogP contribution is -2.16. The van der Waals surface area contributed by atoms with Crippen molar-refractivity contribution in [2.24, 2.45) is 5.73 Å². The smallest absolute Gasteiger partial charge is 0.224 e. The Morgan fingerprint density at radius 1 is 1.45 bits per heavy atom. The molecule has 2 aromatic rings. The predicted octanol–water partition coefficient (Wildman–Crippen LogP) is 2.54. The van der Waals surface area contributed by atoms with Gasteiger partial charge in [0.1, 0.15) is 5.84 Å². The maximum absolute atomic E-state index is 7.67. The number of hydrogen-bond acceptors (Lipinski definition) is 4. The van der Waals surface area contributed by atoms with E-state index in [-0.39, 0.29) is 5.84 Å². The zero-order valence-corrected chi connectivity index (χ0v) is 12.0. The van der Waals surface area contributed by atoms with Crippen LogP contribution >= 0.6 is 11.3 Å². The van der Waals surface area contributed by atoms with Gasteiger partial charge in [-0.15, -0.1) is 11.3 Å². The first-order chi connectivity index (χ1) is 9.74. The van der Waals surface area contributed by atoms with Crippen LogP contribution in [0.15, 0.2) is 23.6 Å². The summed E-state index contributed by atoms with van der Waals surface area (Å²) >= 11 is 1.72. The first kappa shape index (κ1) is 13.1. The third kappa shape index (κ3) is 2.67. The highest BCUT2D eigenvalue weighted by Gasteiger charge is 2.18. The first-order valence-corrected chi connectivity index (χ1v) is 7.64. The van der Waals surface area contributed by atoms with Crippen molar-refractivity contribution in [3.05, 3.63) is 45.3 Å². The van der Waals surface area contributed by atoms with Crippen LogP contribution in [0, 0.1) is 5.41 Å². The van der Waals surface area contributed by atoms with Crippen molar-refractivity contribution in [1.82, 2.24) is 4.98 Å². The molecule has 4 nitrogen and oxygen atoms in total. The van der Waals surface area contributed by atoms with Gasteiger partial charge < -0.3 is 10.5 Å². The number of nitrogens with zero attached hydrogens (tertiary/aromatic N) is 1. The molecule has 0 amide bonds. The van der Waals surface area contributed by atoms with Gasteiger partial charge in [0.05, 0.1) is 12.2 Å². The Hall–Kier alpha value is -1.88. The van der Waals surface area contributed by atoms with Crippen LogP contribution in [0.1, 0.15) is 28.1 Å². The summed E-state index contributed by atoms with van der Waals surface area (Å²) in [5.74, 6) is 0.535. The summed E-state index contributed by atoms with van der Waals surface area (Å²) < 4.78 is 5.77. The Morgan fingerprint density at radius 2 is 2.35 bits per heavy atom. The van der Waals surface area contributed by atoms with Gasteiger partial charge in [0.2, 0.25) is 5.88 Å². The minimum Gasteiger partial charge on any atom is -0.477 e. The first-order valence-electron chi connectivity index (χ1n) is 6.76. The van der Waals surface area contributed by atoms with E-state index < -0.39 is 0 Å². The lowest BCUT2D eigenvalue weighted by molar-refractivity contribution is 0.309. The zero-order chi connectivity index (χ0) is 13.9. The number of hydrogen-bond donors (Lipinski definition) is 2. The van der Waals surface area contributed by atoms with Gasteiger partial charge in [-0.2, -0.15) is 0 Å². The van der Waals surface area contributed by atoms with E-state index in [1.807, 2.05) is 12.1 Å². The minimum absolute atomic E-state index is 0.0262. The molecule has 20 heavy (non-hydrogen) atoms. The summed E-state index contributed by atoms with van der Waals surface area (Å²) in [4.78, 5) is 5.84. The molecule has 0 spiro atoms. The fourth-order valence-corrected chi connectivity index (χ4v) is 3.15. The minimum atomic E-state index is 0.0262. The van der Waals surface area contributed by atoms with Crippen molar-refractivity contribution in [3.8, 4) is 5.88 Å². The predicted molar refractivity (Wildman–Crippen MR) is 80.8 cm³/mol. The fourth-order valence-electron chi connectivity index (χ4n) is 2.46. The van der Waals surface area contributed by atoms with Crippen molar-refractivity contribution in [3.63, 3.8) is 0 Å². The van der Waals surface area contributed by atoms with Gasteiger partial charge >= 0.3 is 0 Å². The van der Waals surface area contributed by atoms with Crippen molar-refractivity contribution >= 4 is 17.2 Å². The highest BCUT2D eigenvalue weighted by molar-refractivity contribution is 7.09. The molecule has 3 rings (SSSR count). The second-order valence-electron chi connectivity index (χ2n) is 4.89. The van der Waals surface area contributed by atoms with Gasteiger partial charge in [0.25, 0.3) is 0 Å². The lowest BCUT2D eigenvalue weighted by atomic mass is 10.1. The summed E-state index contributed by atoms with van der Waals surface area (Å²) in [6.45, 7) is 0.562. The summed E-state index contributed by atoms with van der Waals surface area (Å²) in [6.07, 6.45) is 4.00. The molecule has 2 heterocycles. The molecule has 0 unspecified atom stereocenters. The molecule has 1 aliphatic rings. The number of fused-ring (bicyclic) bond motifs is 1.